The molecule has 0 saturated carbocycles. The summed E-state index contributed by atoms with van der Waals surface area (Å²) in [7, 11) is -3.79. The van der Waals surface area contributed by atoms with Crippen molar-refractivity contribution in [2.24, 2.45) is 0 Å². The van der Waals surface area contributed by atoms with Crippen molar-refractivity contribution in [3.05, 3.63) is 46.3 Å². The number of aromatic nitrogens is 1. The average molecular weight is 360 g/mol. The number of hydrogen-bond donors (Lipinski definition) is 2. The Balaban J connectivity index is 2.38. The Bertz CT molecular complexity index is 748. The summed E-state index contributed by atoms with van der Waals surface area (Å²) in [5, 5.41) is 0. The molecule has 0 unspecified atom stereocenters. The molecule has 5 nitrogen and oxygen atoms in total. The zero-order chi connectivity index (χ0) is 14.9. The summed E-state index contributed by atoms with van der Waals surface area (Å²) < 4.78 is 40.2. The lowest BCUT2D eigenvalue weighted by atomic mass is 10.2. The number of nitrogens with one attached hydrogen (secondary N) is 1. The highest BCUT2D eigenvalue weighted by molar-refractivity contribution is 9.10. The number of nitrogen functional groups attached to an aromatic ring is 1. The first-order valence-electron chi connectivity index (χ1n) is 5.49. The van der Waals surface area contributed by atoms with Crippen molar-refractivity contribution in [3.8, 4) is 0 Å². The molecular weight excluding hydrogens is 349 g/mol. The van der Waals surface area contributed by atoms with Crippen LogP contribution < -0.4 is 10.5 Å². The topological polar surface area (TPSA) is 85.1 Å². The van der Waals surface area contributed by atoms with Crippen LogP contribution >= 0.6 is 15.9 Å². The largest absolute Gasteiger partial charge is 0.384 e. The number of pyridine rings is 1. The van der Waals surface area contributed by atoms with Gasteiger partial charge in [-0.05, 0) is 52.7 Å². The second kappa shape index (κ2) is 5.37. The predicted molar refractivity (Wildman–Crippen MR) is 78.3 cm³/mol. The van der Waals surface area contributed by atoms with Crippen LogP contribution in [0.4, 0.5) is 15.9 Å². The SMILES string of the molecule is Cc1cc(F)c(Br)cc1NS(=O)(=O)c1ccc(N)nc1. The molecule has 0 radical (unpaired) electrons. The third kappa shape index (κ3) is 3.07. The Morgan fingerprint density at radius 2 is 2.05 bits per heavy atom. The minimum atomic E-state index is -3.79. The van der Waals surface area contributed by atoms with Crippen LogP contribution in [0.3, 0.4) is 0 Å². The van der Waals surface area contributed by atoms with Gasteiger partial charge in [-0.15, -0.1) is 0 Å². The lowest BCUT2D eigenvalue weighted by Gasteiger charge is -2.11. The summed E-state index contributed by atoms with van der Waals surface area (Å²) in [5.74, 6) is -0.232. The third-order valence-electron chi connectivity index (χ3n) is 2.58. The van der Waals surface area contributed by atoms with Gasteiger partial charge < -0.3 is 5.73 Å². The summed E-state index contributed by atoms with van der Waals surface area (Å²) in [6.45, 7) is 1.61. The molecule has 8 heteroatoms. The van der Waals surface area contributed by atoms with E-state index >= 15 is 0 Å². The van der Waals surface area contributed by atoms with Crippen LogP contribution in [0.5, 0.6) is 0 Å². The van der Waals surface area contributed by atoms with E-state index in [4.69, 9.17) is 5.73 Å². The molecule has 106 valence electrons. The highest BCUT2D eigenvalue weighted by Crippen LogP contribution is 2.26. The fraction of sp³-hybridized carbons (Fsp3) is 0.0833. The Labute approximate surface area is 124 Å². The number of aryl methyl sites for hydroxylation is 1. The summed E-state index contributed by atoms with van der Waals surface area (Å²) in [6, 6.07) is 5.34. The molecule has 0 aliphatic carbocycles. The maximum absolute atomic E-state index is 13.3. The van der Waals surface area contributed by atoms with Crippen molar-refractivity contribution in [2.75, 3.05) is 10.5 Å². The Morgan fingerprint density at radius 1 is 1.35 bits per heavy atom. The molecule has 0 fully saturated rings. The molecule has 0 spiro atoms. The molecule has 1 aromatic carbocycles. The molecule has 2 rings (SSSR count). The van der Waals surface area contributed by atoms with E-state index in [9.17, 15) is 12.8 Å². The van der Waals surface area contributed by atoms with Gasteiger partial charge in [-0.2, -0.15) is 0 Å². The number of benzene rings is 1. The Morgan fingerprint density at radius 3 is 2.65 bits per heavy atom. The van der Waals surface area contributed by atoms with Crippen LogP contribution in [0.15, 0.2) is 39.8 Å². The maximum atomic E-state index is 13.3. The lowest BCUT2D eigenvalue weighted by molar-refractivity contribution is 0.600. The first kappa shape index (κ1) is 14.7. The van der Waals surface area contributed by atoms with Crippen LogP contribution in [0, 0.1) is 12.7 Å². The van der Waals surface area contributed by atoms with Gasteiger partial charge in [0.25, 0.3) is 10.0 Å². The Hall–Kier alpha value is -1.67. The minimum Gasteiger partial charge on any atom is -0.384 e. The van der Waals surface area contributed by atoms with Crippen molar-refractivity contribution >= 4 is 37.5 Å². The third-order valence-corrected chi connectivity index (χ3v) is 4.54. The molecule has 0 saturated heterocycles. The monoisotopic (exact) mass is 359 g/mol. The molecule has 0 bridgehead atoms. The standard InChI is InChI=1S/C12H11BrFN3O2S/c1-7-4-10(14)9(13)5-11(7)17-20(18,19)8-2-3-12(15)16-6-8/h2-6,17H,1H3,(H2,15,16). The van der Waals surface area contributed by atoms with E-state index in [0.29, 0.717) is 5.56 Å². The van der Waals surface area contributed by atoms with Crippen LogP contribution in [0.1, 0.15) is 5.56 Å². The quantitative estimate of drug-likeness (QED) is 0.881. The molecule has 0 aliphatic rings. The van der Waals surface area contributed by atoms with Gasteiger partial charge in [0.1, 0.15) is 16.5 Å². The molecule has 2 aromatic rings. The van der Waals surface area contributed by atoms with Gasteiger partial charge in [-0.25, -0.2) is 17.8 Å². The molecule has 1 heterocycles. The maximum Gasteiger partial charge on any atom is 0.263 e. The number of halogens is 2. The highest BCUT2D eigenvalue weighted by Gasteiger charge is 2.16. The van der Waals surface area contributed by atoms with E-state index in [1.807, 2.05) is 0 Å². The first-order valence-corrected chi connectivity index (χ1v) is 7.77. The smallest absolute Gasteiger partial charge is 0.263 e. The summed E-state index contributed by atoms with van der Waals surface area (Å²) in [4.78, 5) is 3.71. The van der Waals surface area contributed by atoms with E-state index in [1.165, 1.54) is 24.3 Å². The van der Waals surface area contributed by atoms with Gasteiger partial charge in [-0.1, -0.05) is 0 Å². The van der Waals surface area contributed by atoms with Crippen molar-refractivity contribution in [1.29, 1.82) is 0 Å². The second-order valence-corrected chi connectivity index (χ2v) is 6.64. The van der Waals surface area contributed by atoms with E-state index in [0.717, 1.165) is 6.20 Å². The van der Waals surface area contributed by atoms with Crippen LogP contribution in [0.25, 0.3) is 0 Å². The average Bonchev–Trinajstić information content (AvgIpc) is 2.36. The van der Waals surface area contributed by atoms with Crippen LogP contribution in [0.2, 0.25) is 0 Å². The summed E-state index contributed by atoms with van der Waals surface area (Å²) in [6.07, 6.45) is 1.16. The van der Waals surface area contributed by atoms with Gasteiger partial charge in [0, 0.05) is 6.20 Å². The van der Waals surface area contributed by atoms with E-state index in [2.05, 4.69) is 25.6 Å². The zero-order valence-electron chi connectivity index (χ0n) is 10.4. The van der Waals surface area contributed by atoms with Crippen LogP contribution in [-0.4, -0.2) is 13.4 Å². The fourth-order valence-electron chi connectivity index (χ4n) is 1.51. The molecular formula is C12H11BrFN3O2S. The van der Waals surface area contributed by atoms with Crippen molar-refractivity contribution in [1.82, 2.24) is 4.98 Å². The number of nitrogens with two attached hydrogens (primary N) is 1. The lowest BCUT2D eigenvalue weighted by Crippen LogP contribution is -2.14. The predicted octanol–water partition coefficient (Wildman–Crippen LogP) is 2.67. The van der Waals surface area contributed by atoms with Gasteiger partial charge in [-0.3, -0.25) is 4.72 Å². The number of hydrogen-bond acceptors (Lipinski definition) is 4. The first-order chi connectivity index (χ1) is 9.29. The molecule has 20 heavy (non-hydrogen) atoms. The normalized spacial score (nSPS) is 11.3. The summed E-state index contributed by atoms with van der Waals surface area (Å²) in [5.41, 5.74) is 6.17. The van der Waals surface area contributed by atoms with E-state index < -0.39 is 15.8 Å². The Kier molecular flexibility index (Phi) is 3.96. The number of anilines is 2. The number of nitrogens with zero attached hydrogens (tertiary/aromatic N) is 1. The van der Waals surface area contributed by atoms with Gasteiger partial charge in [0.2, 0.25) is 0 Å². The number of sulfonamides is 1. The van der Waals surface area contributed by atoms with Crippen LogP contribution in [-0.2, 0) is 10.0 Å². The van der Waals surface area contributed by atoms with Gasteiger partial charge in [0.05, 0.1) is 10.2 Å². The van der Waals surface area contributed by atoms with E-state index in [1.54, 1.807) is 6.92 Å². The highest BCUT2D eigenvalue weighted by atomic mass is 79.9. The zero-order valence-corrected chi connectivity index (χ0v) is 12.8. The van der Waals surface area contributed by atoms with Gasteiger partial charge in [0.15, 0.2) is 0 Å². The molecule has 3 N–H and O–H groups in total. The molecule has 1 aromatic heterocycles. The van der Waals surface area contributed by atoms with Crippen molar-refractivity contribution in [3.63, 3.8) is 0 Å². The van der Waals surface area contributed by atoms with Crippen molar-refractivity contribution in [2.45, 2.75) is 11.8 Å². The minimum absolute atomic E-state index is 0.0217. The molecule has 0 amide bonds. The molecule has 0 aliphatic heterocycles. The van der Waals surface area contributed by atoms with Gasteiger partial charge >= 0.3 is 0 Å². The second-order valence-electron chi connectivity index (χ2n) is 4.11. The number of rotatable bonds is 3. The molecule has 0 atom stereocenters. The fourth-order valence-corrected chi connectivity index (χ4v) is 2.92. The van der Waals surface area contributed by atoms with E-state index in [-0.39, 0.29) is 20.9 Å². The summed E-state index contributed by atoms with van der Waals surface area (Å²) >= 11 is 3.01. The van der Waals surface area contributed by atoms with Crippen molar-refractivity contribution < 1.29 is 12.8 Å².